The van der Waals surface area contributed by atoms with Gasteiger partial charge in [-0.3, -0.25) is 9.69 Å². The molecule has 2 aromatic carbocycles. The third kappa shape index (κ3) is 5.60. The van der Waals surface area contributed by atoms with Crippen LogP contribution in [-0.4, -0.2) is 55.6 Å². The maximum atomic E-state index is 12.4. The predicted octanol–water partition coefficient (Wildman–Crippen LogP) is 3.63. The Hall–Kier alpha value is -2.86. The number of carbonyl (C=O) groups is 2. The normalized spacial score (nSPS) is 14.6. The summed E-state index contributed by atoms with van der Waals surface area (Å²) in [6.45, 7) is 11.8. The first-order valence-corrected chi connectivity index (χ1v) is 10.5. The fraction of sp³-hybridized carbons (Fsp3) is 0.417. The Morgan fingerprint density at radius 1 is 1.00 bits per heavy atom. The van der Waals surface area contributed by atoms with E-state index in [9.17, 15) is 9.59 Å². The van der Waals surface area contributed by atoms with E-state index in [0.29, 0.717) is 17.8 Å². The van der Waals surface area contributed by atoms with E-state index in [0.717, 1.165) is 26.2 Å². The second-order valence-corrected chi connectivity index (χ2v) is 8.06. The van der Waals surface area contributed by atoms with Crippen LogP contribution in [0.5, 0.6) is 0 Å². The molecule has 1 N–H and O–H groups in total. The fourth-order valence-corrected chi connectivity index (χ4v) is 3.60. The summed E-state index contributed by atoms with van der Waals surface area (Å²) in [6.07, 6.45) is -0.160. The van der Waals surface area contributed by atoms with Crippen molar-refractivity contribution in [3.63, 3.8) is 0 Å². The molecule has 1 aliphatic rings. The Labute approximate surface area is 178 Å². The molecular formula is C24H31N3O3. The standard InChI is InChI=1S/C24H31N3O3/c1-17(2)30-24(29)20-8-10-21(11-9-20)25-23(28)16-26-12-14-27(15-13-26)22-7-5-6-18(3)19(22)4/h5-11,17H,12-16H2,1-4H3,(H,25,28). The van der Waals surface area contributed by atoms with E-state index in [4.69, 9.17) is 4.74 Å². The van der Waals surface area contributed by atoms with Crippen molar-refractivity contribution in [3.8, 4) is 0 Å². The van der Waals surface area contributed by atoms with E-state index >= 15 is 0 Å². The average molecular weight is 410 g/mol. The molecule has 30 heavy (non-hydrogen) atoms. The lowest BCUT2D eigenvalue weighted by Gasteiger charge is -2.36. The van der Waals surface area contributed by atoms with E-state index in [1.165, 1.54) is 16.8 Å². The zero-order valence-corrected chi connectivity index (χ0v) is 18.3. The number of piperazine rings is 1. The molecule has 1 heterocycles. The van der Waals surface area contributed by atoms with Crippen LogP contribution >= 0.6 is 0 Å². The zero-order valence-electron chi connectivity index (χ0n) is 18.3. The first-order chi connectivity index (χ1) is 14.3. The maximum Gasteiger partial charge on any atom is 0.338 e. The number of amides is 1. The molecule has 0 spiro atoms. The highest BCUT2D eigenvalue weighted by molar-refractivity contribution is 5.94. The van der Waals surface area contributed by atoms with E-state index in [-0.39, 0.29) is 18.0 Å². The molecule has 0 bridgehead atoms. The number of carbonyl (C=O) groups excluding carboxylic acids is 2. The minimum atomic E-state index is -0.357. The van der Waals surface area contributed by atoms with E-state index in [1.807, 2.05) is 13.8 Å². The molecule has 1 amide bonds. The molecule has 160 valence electrons. The Morgan fingerprint density at radius 2 is 1.67 bits per heavy atom. The first kappa shape index (κ1) is 21.8. The largest absolute Gasteiger partial charge is 0.459 e. The van der Waals surface area contributed by atoms with E-state index in [1.54, 1.807) is 24.3 Å². The number of hydrogen-bond donors (Lipinski definition) is 1. The van der Waals surface area contributed by atoms with Gasteiger partial charge in [0.1, 0.15) is 0 Å². The second-order valence-electron chi connectivity index (χ2n) is 8.06. The molecule has 0 saturated carbocycles. The maximum absolute atomic E-state index is 12.4. The minimum absolute atomic E-state index is 0.0484. The quantitative estimate of drug-likeness (QED) is 0.739. The van der Waals surface area contributed by atoms with Crippen molar-refractivity contribution >= 4 is 23.3 Å². The van der Waals surface area contributed by atoms with Gasteiger partial charge in [0.05, 0.1) is 18.2 Å². The number of rotatable bonds is 6. The number of nitrogens with one attached hydrogen (secondary N) is 1. The lowest BCUT2D eigenvalue weighted by atomic mass is 10.1. The molecule has 0 atom stereocenters. The van der Waals surface area contributed by atoms with Crippen LogP contribution in [0.2, 0.25) is 0 Å². The molecule has 6 heteroatoms. The molecule has 1 aliphatic heterocycles. The monoisotopic (exact) mass is 409 g/mol. The Morgan fingerprint density at radius 3 is 2.30 bits per heavy atom. The summed E-state index contributed by atoms with van der Waals surface area (Å²) in [6, 6.07) is 13.2. The van der Waals surface area contributed by atoms with Crippen LogP contribution in [-0.2, 0) is 9.53 Å². The van der Waals surface area contributed by atoms with Crippen molar-refractivity contribution in [1.82, 2.24) is 4.90 Å². The molecule has 0 aliphatic carbocycles. The summed E-state index contributed by atoms with van der Waals surface area (Å²) in [5, 5.41) is 2.91. The summed E-state index contributed by atoms with van der Waals surface area (Å²) in [5.41, 5.74) is 5.07. The first-order valence-electron chi connectivity index (χ1n) is 10.5. The Balaban J connectivity index is 1.48. The Kier molecular flexibility index (Phi) is 7.11. The van der Waals surface area contributed by atoms with Crippen molar-refractivity contribution < 1.29 is 14.3 Å². The van der Waals surface area contributed by atoms with Crippen LogP contribution in [0.25, 0.3) is 0 Å². The number of aryl methyl sites for hydroxylation is 1. The van der Waals surface area contributed by atoms with Crippen LogP contribution in [0.1, 0.15) is 35.3 Å². The summed E-state index contributed by atoms with van der Waals surface area (Å²) >= 11 is 0. The van der Waals surface area contributed by atoms with Crippen molar-refractivity contribution in [2.45, 2.75) is 33.8 Å². The van der Waals surface area contributed by atoms with Crippen LogP contribution in [0.15, 0.2) is 42.5 Å². The number of esters is 1. The van der Waals surface area contributed by atoms with Gasteiger partial charge in [0.25, 0.3) is 0 Å². The molecule has 0 unspecified atom stereocenters. The van der Waals surface area contributed by atoms with Gasteiger partial charge in [0.2, 0.25) is 5.91 Å². The van der Waals surface area contributed by atoms with E-state index in [2.05, 4.69) is 47.2 Å². The molecular weight excluding hydrogens is 378 g/mol. The van der Waals surface area contributed by atoms with Crippen molar-refractivity contribution in [3.05, 3.63) is 59.2 Å². The number of benzene rings is 2. The summed E-state index contributed by atoms with van der Waals surface area (Å²) in [4.78, 5) is 28.9. The molecule has 1 fully saturated rings. The van der Waals surface area contributed by atoms with Gasteiger partial charge in [-0.05, 0) is 69.2 Å². The highest BCUT2D eigenvalue weighted by Gasteiger charge is 2.20. The van der Waals surface area contributed by atoms with Gasteiger partial charge in [-0.1, -0.05) is 12.1 Å². The predicted molar refractivity (Wildman–Crippen MR) is 120 cm³/mol. The highest BCUT2D eigenvalue weighted by Crippen LogP contribution is 2.23. The zero-order chi connectivity index (χ0) is 21.7. The lowest BCUT2D eigenvalue weighted by molar-refractivity contribution is -0.117. The van der Waals surface area contributed by atoms with Gasteiger partial charge >= 0.3 is 5.97 Å². The summed E-state index contributed by atoms with van der Waals surface area (Å²) in [5.74, 6) is -0.405. The van der Waals surface area contributed by atoms with Gasteiger partial charge in [-0.2, -0.15) is 0 Å². The van der Waals surface area contributed by atoms with Crippen LogP contribution < -0.4 is 10.2 Å². The van der Waals surface area contributed by atoms with Crippen LogP contribution in [0.4, 0.5) is 11.4 Å². The van der Waals surface area contributed by atoms with Crippen LogP contribution in [0, 0.1) is 13.8 Å². The minimum Gasteiger partial charge on any atom is -0.459 e. The molecule has 6 nitrogen and oxygen atoms in total. The number of nitrogens with zero attached hydrogens (tertiary/aromatic N) is 2. The summed E-state index contributed by atoms with van der Waals surface area (Å²) in [7, 11) is 0. The Bertz CT molecular complexity index is 885. The molecule has 0 radical (unpaired) electrons. The summed E-state index contributed by atoms with van der Waals surface area (Å²) < 4.78 is 5.18. The van der Waals surface area contributed by atoms with Gasteiger partial charge in [0.15, 0.2) is 0 Å². The lowest BCUT2D eigenvalue weighted by Crippen LogP contribution is -2.48. The van der Waals surface area contributed by atoms with Gasteiger partial charge in [0, 0.05) is 37.6 Å². The fourth-order valence-electron chi connectivity index (χ4n) is 3.60. The molecule has 1 saturated heterocycles. The number of ether oxygens (including phenoxy) is 1. The number of hydrogen-bond acceptors (Lipinski definition) is 5. The van der Waals surface area contributed by atoms with Crippen molar-refractivity contribution in [1.29, 1.82) is 0 Å². The topological polar surface area (TPSA) is 61.9 Å². The van der Waals surface area contributed by atoms with Crippen LogP contribution in [0.3, 0.4) is 0 Å². The average Bonchev–Trinajstić information content (AvgIpc) is 2.71. The van der Waals surface area contributed by atoms with Gasteiger partial charge < -0.3 is 15.0 Å². The third-order valence-electron chi connectivity index (χ3n) is 5.40. The highest BCUT2D eigenvalue weighted by atomic mass is 16.5. The molecule has 2 aromatic rings. The molecule has 3 rings (SSSR count). The second kappa shape index (κ2) is 9.76. The smallest absolute Gasteiger partial charge is 0.338 e. The van der Waals surface area contributed by atoms with Crippen molar-refractivity contribution in [2.75, 3.05) is 42.9 Å². The third-order valence-corrected chi connectivity index (χ3v) is 5.40. The van der Waals surface area contributed by atoms with E-state index < -0.39 is 0 Å². The number of anilines is 2. The van der Waals surface area contributed by atoms with Crippen molar-refractivity contribution in [2.24, 2.45) is 0 Å². The van der Waals surface area contributed by atoms with Gasteiger partial charge in [-0.25, -0.2) is 4.79 Å². The van der Waals surface area contributed by atoms with Gasteiger partial charge in [-0.15, -0.1) is 0 Å². The molecule has 0 aromatic heterocycles. The SMILES string of the molecule is Cc1cccc(N2CCN(CC(=O)Nc3ccc(C(=O)OC(C)C)cc3)CC2)c1C.